The van der Waals surface area contributed by atoms with Crippen LogP contribution in [0.4, 0.5) is 0 Å². The second-order valence-corrected chi connectivity index (χ2v) is 8.47. The Labute approximate surface area is 114 Å². The van der Waals surface area contributed by atoms with E-state index < -0.39 is 0 Å². The number of nitrogens with one attached hydrogen (secondary N) is 1. The number of thiazole rings is 1. The second-order valence-electron chi connectivity index (χ2n) is 5.50. The molecule has 17 heavy (non-hydrogen) atoms. The van der Waals surface area contributed by atoms with Gasteiger partial charge in [-0.1, -0.05) is 34.6 Å². The van der Waals surface area contributed by atoms with Gasteiger partial charge in [-0.3, -0.25) is 0 Å². The summed E-state index contributed by atoms with van der Waals surface area (Å²) in [4.78, 5) is 6.18. The SMILES string of the molecule is CNCc1sc(CSC(C)(C)C)nc1C(C)C. The summed E-state index contributed by atoms with van der Waals surface area (Å²) >= 11 is 3.82. The van der Waals surface area contributed by atoms with Crippen LogP contribution in [0.1, 0.15) is 56.1 Å². The van der Waals surface area contributed by atoms with Gasteiger partial charge in [0.05, 0.1) is 5.69 Å². The molecule has 0 spiro atoms. The van der Waals surface area contributed by atoms with Gasteiger partial charge in [0.15, 0.2) is 0 Å². The molecule has 2 nitrogen and oxygen atoms in total. The first-order valence-corrected chi connectivity index (χ1v) is 7.90. The van der Waals surface area contributed by atoms with E-state index in [1.54, 1.807) is 0 Å². The Balaban J connectivity index is 2.77. The number of aromatic nitrogens is 1. The van der Waals surface area contributed by atoms with Crippen LogP contribution in [0.2, 0.25) is 0 Å². The molecule has 0 atom stereocenters. The fraction of sp³-hybridized carbons (Fsp3) is 0.769. The molecular weight excluding hydrogens is 248 g/mol. The van der Waals surface area contributed by atoms with Gasteiger partial charge >= 0.3 is 0 Å². The molecule has 0 saturated carbocycles. The highest BCUT2D eigenvalue weighted by atomic mass is 32.2. The number of rotatable bonds is 5. The molecule has 0 aliphatic rings. The van der Waals surface area contributed by atoms with Gasteiger partial charge in [-0.15, -0.1) is 23.1 Å². The number of nitrogens with zero attached hydrogens (tertiary/aromatic N) is 1. The zero-order valence-corrected chi connectivity index (χ0v) is 13.4. The topological polar surface area (TPSA) is 24.9 Å². The lowest BCUT2D eigenvalue weighted by Gasteiger charge is -2.16. The largest absolute Gasteiger partial charge is 0.315 e. The maximum Gasteiger partial charge on any atom is 0.103 e. The first-order chi connectivity index (χ1) is 7.83. The van der Waals surface area contributed by atoms with E-state index in [1.807, 2.05) is 30.1 Å². The fourth-order valence-electron chi connectivity index (χ4n) is 1.49. The highest BCUT2D eigenvalue weighted by Gasteiger charge is 2.16. The molecule has 0 amide bonds. The molecule has 0 fully saturated rings. The molecule has 0 aliphatic heterocycles. The molecule has 1 heterocycles. The van der Waals surface area contributed by atoms with Crippen LogP contribution in [-0.2, 0) is 12.3 Å². The lowest BCUT2D eigenvalue weighted by Crippen LogP contribution is -2.07. The molecule has 1 aromatic rings. The van der Waals surface area contributed by atoms with Crippen molar-refractivity contribution in [2.24, 2.45) is 0 Å². The van der Waals surface area contributed by atoms with E-state index in [4.69, 9.17) is 4.98 Å². The highest BCUT2D eigenvalue weighted by Crippen LogP contribution is 2.31. The van der Waals surface area contributed by atoms with Crippen LogP contribution in [0.25, 0.3) is 0 Å². The van der Waals surface area contributed by atoms with Crippen molar-refractivity contribution in [3.8, 4) is 0 Å². The van der Waals surface area contributed by atoms with Crippen molar-refractivity contribution in [2.75, 3.05) is 7.05 Å². The molecule has 4 heteroatoms. The molecule has 1 aromatic heterocycles. The Bertz CT molecular complexity index is 351. The van der Waals surface area contributed by atoms with Gasteiger partial charge in [0.1, 0.15) is 5.01 Å². The summed E-state index contributed by atoms with van der Waals surface area (Å²) in [6.45, 7) is 12.1. The fourth-order valence-corrected chi connectivity index (χ4v) is 3.56. The van der Waals surface area contributed by atoms with Crippen molar-refractivity contribution >= 4 is 23.1 Å². The quantitative estimate of drug-likeness (QED) is 0.876. The Morgan fingerprint density at radius 2 is 2.00 bits per heavy atom. The van der Waals surface area contributed by atoms with Gasteiger partial charge < -0.3 is 5.32 Å². The molecule has 1 rings (SSSR count). The van der Waals surface area contributed by atoms with Crippen LogP contribution in [0.5, 0.6) is 0 Å². The summed E-state index contributed by atoms with van der Waals surface area (Å²) in [5, 5.41) is 4.49. The van der Waals surface area contributed by atoms with Crippen molar-refractivity contribution in [1.82, 2.24) is 10.3 Å². The van der Waals surface area contributed by atoms with E-state index in [-0.39, 0.29) is 0 Å². The van der Waals surface area contributed by atoms with Gasteiger partial charge in [0.25, 0.3) is 0 Å². The normalized spacial score (nSPS) is 12.4. The third-order valence-corrected chi connectivity index (χ3v) is 4.82. The Kier molecular flexibility index (Phi) is 5.48. The molecule has 0 aliphatic carbocycles. The van der Waals surface area contributed by atoms with Crippen LogP contribution in [0.15, 0.2) is 0 Å². The van der Waals surface area contributed by atoms with Crippen LogP contribution in [-0.4, -0.2) is 16.8 Å². The Hall–Kier alpha value is -0.0600. The maximum absolute atomic E-state index is 4.79. The summed E-state index contributed by atoms with van der Waals surface area (Å²) in [6, 6.07) is 0. The van der Waals surface area contributed by atoms with Crippen LogP contribution < -0.4 is 5.32 Å². The summed E-state index contributed by atoms with van der Waals surface area (Å²) < 4.78 is 0.312. The number of hydrogen-bond donors (Lipinski definition) is 1. The molecule has 0 radical (unpaired) electrons. The van der Waals surface area contributed by atoms with Gasteiger partial charge in [0.2, 0.25) is 0 Å². The third-order valence-electron chi connectivity index (χ3n) is 2.28. The molecule has 0 saturated heterocycles. The molecule has 0 bridgehead atoms. The predicted molar refractivity (Wildman–Crippen MR) is 80.0 cm³/mol. The van der Waals surface area contributed by atoms with Crippen molar-refractivity contribution in [3.05, 3.63) is 15.6 Å². The summed E-state index contributed by atoms with van der Waals surface area (Å²) in [5.41, 5.74) is 1.27. The van der Waals surface area contributed by atoms with Crippen molar-refractivity contribution < 1.29 is 0 Å². The van der Waals surface area contributed by atoms with E-state index in [0.29, 0.717) is 10.7 Å². The monoisotopic (exact) mass is 272 g/mol. The lowest BCUT2D eigenvalue weighted by atomic mass is 10.1. The van der Waals surface area contributed by atoms with Crippen molar-refractivity contribution in [3.63, 3.8) is 0 Å². The van der Waals surface area contributed by atoms with Crippen LogP contribution in [0, 0.1) is 0 Å². The van der Waals surface area contributed by atoms with E-state index in [0.717, 1.165) is 12.3 Å². The number of hydrogen-bond acceptors (Lipinski definition) is 4. The predicted octanol–water partition coefficient (Wildman–Crippen LogP) is 4.02. The van der Waals surface area contributed by atoms with Crippen molar-refractivity contribution in [1.29, 1.82) is 0 Å². The average molecular weight is 272 g/mol. The minimum Gasteiger partial charge on any atom is -0.315 e. The maximum atomic E-state index is 4.79. The molecular formula is C13H24N2S2. The summed E-state index contributed by atoms with van der Waals surface area (Å²) in [6.07, 6.45) is 0. The summed E-state index contributed by atoms with van der Waals surface area (Å²) in [7, 11) is 1.99. The zero-order valence-electron chi connectivity index (χ0n) is 11.8. The third kappa shape index (κ3) is 4.98. The average Bonchev–Trinajstić information content (AvgIpc) is 2.58. The molecule has 98 valence electrons. The molecule has 0 unspecified atom stereocenters. The first-order valence-electron chi connectivity index (χ1n) is 6.10. The summed E-state index contributed by atoms with van der Waals surface area (Å²) in [5.74, 6) is 1.54. The molecule has 1 N–H and O–H groups in total. The minimum absolute atomic E-state index is 0.312. The van der Waals surface area contributed by atoms with Crippen molar-refractivity contribution in [2.45, 2.75) is 57.6 Å². The van der Waals surface area contributed by atoms with Gasteiger partial charge in [0, 0.05) is 21.9 Å². The standard InChI is InChI=1S/C13H24N2S2/c1-9(2)12-10(7-14-6)17-11(15-12)8-16-13(3,4)5/h9,14H,7-8H2,1-6H3. The van der Waals surface area contributed by atoms with E-state index >= 15 is 0 Å². The molecule has 0 aromatic carbocycles. The first kappa shape index (κ1) is 15.0. The highest BCUT2D eigenvalue weighted by molar-refractivity contribution is 7.99. The van der Waals surface area contributed by atoms with Crippen LogP contribution >= 0.6 is 23.1 Å². The zero-order chi connectivity index (χ0) is 13.1. The number of thioether (sulfide) groups is 1. The van der Waals surface area contributed by atoms with Gasteiger partial charge in [-0.2, -0.15) is 0 Å². The van der Waals surface area contributed by atoms with E-state index in [2.05, 4.69) is 39.9 Å². The van der Waals surface area contributed by atoms with Gasteiger partial charge in [-0.25, -0.2) is 4.98 Å². The Morgan fingerprint density at radius 1 is 1.35 bits per heavy atom. The van der Waals surface area contributed by atoms with E-state index in [1.165, 1.54) is 15.6 Å². The lowest BCUT2D eigenvalue weighted by molar-refractivity contribution is 0.768. The smallest absolute Gasteiger partial charge is 0.103 e. The van der Waals surface area contributed by atoms with Gasteiger partial charge in [-0.05, 0) is 13.0 Å². The second kappa shape index (κ2) is 6.21. The Morgan fingerprint density at radius 3 is 2.47 bits per heavy atom. The van der Waals surface area contributed by atoms with Crippen LogP contribution in [0.3, 0.4) is 0 Å². The van der Waals surface area contributed by atoms with E-state index in [9.17, 15) is 0 Å². The minimum atomic E-state index is 0.312.